The number of ether oxygens (including phenoxy) is 1. The van der Waals surface area contributed by atoms with E-state index < -0.39 is 0 Å². The van der Waals surface area contributed by atoms with Gasteiger partial charge in [-0.3, -0.25) is 9.78 Å². The van der Waals surface area contributed by atoms with Gasteiger partial charge in [0.05, 0.1) is 23.4 Å². The van der Waals surface area contributed by atoms with Crippen molar-refractivity contribution in [1.29, 1.82) is 0 Å². The number of hydrogen-bond donors (Lipinski definition) is 2. The zero-order valence-corrected chi connectivity index (χ0v) is 12.7. The molecule has 0 unspecified atom stereocenters. The molecule has 0 spiro atoms. The number of nitrogens with one attached hydrogen (secondary N) is 1. The van der Waals surface area contributed by atoms with E-state index in [1.54, 1.807) is 30.5 Å². The molecule has 0 bridgehead atoms. The van der Waals surface area contributed by atoms with Gasteiger partial charge in [-0.25, -0.2) is 5.43 Å². The summed E-state index contributed by atoms with van der Waals surface area (Å²) in [5.41, 5.74) is 3.16. The maximum absolute atomic E-state index is 11.7. The molecule has 1 aromatic carbocycles. The van der Waals surface area contributed by atoms with Gasteiger partial charge >= 0.3 is 0 Å². The third-order valence-corrected chi connectivity index (χ3v) is 3.20. The average Bonchev–Trinajstić information content (AvgIpc) is 2.51. The maximum Gasteiger partial charge on any atom is 0.272 e. The quantitative estimate of drug-likeness (QED) is 0.655. The van der Waals surface area contributed by atoms with Crippen molar-refractivity contribution in [2.24, 2.45) is 5.10 Å². The van der Waals surface area contributed by atoms with E-state index in [1.807, 2.05) is 0 Å². The van der Waals surface area contributed by atoms with Crippen LogP contribution in [-0.2, 0) is 0 Å². The van der Waals surface area contributed by atoms with Crippen LogP contribution in [0, 0.1) is 0 Å². The third-order valence-electron chi connectivity index (χ3n) is 2.60. The molecule has 7 heteroatoms. The summed E-state index contributed by atoms with van der Waals surface area (Å²) in [6.07, 6.45) is 4.34. The Bertz CT molecular complexity index is 675. The summed E-state index contributed by atoms with van der Waals surface area (Å²) in [6, 6.07) is 6.50. The van der Waals surface area contributed by atoms with Gasteiger partial charge in [0.1, 0.15) is 11.5 Å². The van der Waals surface area contributed by atoms with Crippen LogP contribution in [0.15, 0.2) is 46.2 Å². The van der Waals surface area contributed by atoms with Gasteiger partial charge in [-0.1, -0.05) is 0 Å². The van der Waals surface area contributed by atoms with Crippen molar-refractivity contribution in [2.75, 3.05) is 7.11 Å². The van der Waals surface area contributed by atoms with Gasteiger partial charge in [-0.05, 0) is 40.2 Å². The Morgan fingerprint density at radius 1 is 1.52 bits per heavy atom. The van der Waals surface area contributed by atoms with Crippen LogP contribution in [0.5, 0.6) is 11.5 Å². The minimum Gasteiger partial charge on any atom is -0.506 e. The van der Waals surface area contributed by atoms with Crippen LogP contribution in [0.3, 0.4) is 0 Å². The molecule has 2 aromatic rings. The van der Waals surface area contributed by atoms with E-state index in [0.717, 1.165) is 0 Å². The first kappa shape index (κ1) is 15.0. The normalized spacial score (nSPS) is 10.6. The number of aromatic nitrogens is 1. The number of rotatable bonds is 4. The lowest BCUT2D eigenvalue weighted by molar-refractivity contribution is 0.0954. The van der Waals surface area contributed by atoms with Crippen LogP contribution in [0.4, 0.5) is 0 Å². The predicted molar refractivity (Wildman–Crippen MR) is 81.7 cm³/mol. The standard InChI is InChI=1S/C14H12BrN3O3/c1-21-11-5-10(13(19)12(15)6-11)8-17-18-14(20)9-3-2-4-16-7-9/h2-8,19H,1H3,(H,18,20)/b17-8+. The number of amides is 1. The Morgan fingerprint density at radius 2 is 2.33 bits per heavy atom. The molecule has 2 rings (SSSR count). The van der Waals surface area contributed by atoms with E-state index >= 15 is 0 Å². The second-order valence-corrected chi connectivity index (χ2v) is 4.84. The van der Waals surface area contributed by atoms with Gasteiger partial charge in [0, 0.05) is 18.0 Å². The summed E-state index contributed by atoms with van der Waals surface area (Å²) in [4.78, 5) is 15.6. The number of methoxy groups -OCH3 is 1. The minimum atomic E-state index is -0.388. The molecule has 1 aromatic heterocycles. The van der Waals surface area contributed by atoms with Crippen molar-refractivity contribution in [1.82, 2.24) is 10.4 Å². The van der Waals surface area contributed by atoms with E-state index in [1.165, 1.54) is 19.5 Å². The smallest absolute Gasteiger partial charge is 0.272 e. The Kier molecular flexibility index (Phi) is 4.89. The Hall–Kier alpha value is -2.41. The molecule has 1 heterocycles. The first-order valence-electron chi connectivity index (χ1n) is 5.91. The van der Waals surface area contributed by atoms with E-state index in [-0.39, 0.29) is 11.7 Å². The number of phenolic OH excluding ortho intramolecular Hbond substituents is 1. The lowest BCUT2D eigenvalue weighted by atomic mass is 10.2. The number of benzene rings is 1. The Balaban J connectivity index is 2.12. The predicted octanol–water partition coefficient (Wildman–Crippen LogP) is 2.32. The number of halogens is 1. The average molecular weight is 350 g/mol. The molecule has 0 fully saturated rings. The summed E-state index contributed by atoms with van der Waals surface area (Å²) in [7, 11) is 1.52. The largest absolute Gasteiger partial charge is 0.506 e. The fraction of sp³-hybridized carbons (Fsp3) is 0.0714. The molecule has 0 aliphatic rings. The topological polar surface area (TPSA) is 83.8 Å². The molecule has 0 atom stereocenters. The van der Waals surface area contributed by atoms with Crippen molar-refractivity contribution in [2.45, 2.75) is 0 Å². The summed E-state index contributed by atoms with van der Waals surface area (Å²) in [5, 5.41) is 13.7. The molecular weight excluding hydrogens is 338 g/mol. The fourth-order valence-corrected chi connectivity index (χ4v) is 1.99. The molecule has 1 amide bonds. The van der Waals surface area contributed by atoms with E-state index in [2.05, 4.69) is 31.4 Å². The van der Waals surface area contributed by atoms with Gasteiger partial charge in [0.2, 0.25) is 0 Å². The van der Waals surface area contributed by atoms with E-state index in [4.69, 9.17) is 4.74 Å². The highest BCUT2D eigenvalue weighted by atomic mass is 79.9. The first-order chi connectivity index (χ1) is 10.1. The van der Waals surface area contributed by atoms with Crippen LogP contribution in [0.25, 0.3) is 0 Å². The van der Waals surface area contributed by atoms with Gasteiger partial charge in [0.25, 0.3) is 5.91 Å². The van der Waals surface area contributed by atoms with Crippen LogP contribution < -0.4 is 10.2 Å². The highest BCUT2D eigenvalue weighted by Gasteiger charge is 2.07. The fourth-order valence-electron chi connectivity index (χ4n) is 1.53. The molecule has 0 aliphatic carbocycles. The SMILES string of the molecule is COc1cc(Br)c(O)c(/C=N/NC(=O)c2cccnc2)c1. The van der Waals surface area contributed by atoms with Crippen LogP contribution in [0.2, 0.25) is 0 Å². The lowest BCUT2D eigenvalue weighted by Gasteiger charge is -2.06. The number of nitrogens with zero attached hydrogens (tertiary/aromatic N) is 2. The Morgan fingerprint density at radius 3 is 3.00 bits per heavy atom. The van der Waals surface area contributed by atoms with Gasteiger partial charge in [-0.15, -0.1) is 0 Å². The highest BCUT2D eigenvalue weighted by Crippen LogP contribution is 2.31. The molecule has 0 aliphatic heterocycles. The van der Waals surface area contributed by atoms with Crippen molar-refractivity contribution in [3.8, 4) is 11.5 Å². The number of aromatic hydroxyl groups is 1. The second-order valence-electron chi connectivity index (χ2n) is 3.99. The molecule has 0 radical (unpaired) electrons. The molecule has 108 valence electrons. The zero-order chi connectivity index (χ0) is 15.2. The van der Waals surface area contributed by atoms with Crippen molar-refractivity contribution >= 4 is 28.1 Å². The number of hydrogen-bond acceptors (Lipinski definition) is 5. The number of phenols is 1. The van der Waals surface area contributed by atoms with Gasteiger partial charge in [0.15, 0.2) is 0 Å². The zero-order valence-electron chi connectivity index (χ0n) is 11.1. The Labute approximate surface area is 129 Å². The number of hydrazone groups is 1. The third kappa shape index (κ3) is 3.79. The minimum absolute atomic E-state index is 0.00942. The van der Waals surface area contributed by atoms with Crippen LogP contribution in [-0.4, -0.2) is 29.3 Å². The summed E-state index contributed by atoms with van der Waals surface area (Å²) in [6.45, 7) is 0. The van der Waals surface area contributed by atoms with E-state index in [9.17, 15) is 9.90 Å². The van der Waals surface area contributed by atoms with Crippen LogP contribution in [0.1, 0.15) is 15.9 Å². The summed E-state index contributed by atoms with van der Waals surface area (Å²) in [5.74, 6) is 0.177. The highest BCUT2D eigenvalue weighted by molar-refractivity contribution is 9.10. The summed E-state index contributed by atoms with van der Waals surface area (Å²) < 4.78 is 5.56. The number of carbonyl (C=O) groups is 1. The lowest BCUT2D eigenvalue weighted by Crippen LogP contribution is -2.17. The van der Waals surface area contributed by atoms with Gasteiger partial charge < -0.3 is 9.84 Å². The molecule has 6 nitrogen and oxygen atoms in total. The van der Waals surface area contributed by atoms with Crippen molar-refractivity contribution in [3.05, 3.63) is 52.3 Å². The second kappa shape index (κ2) is 6.85. The maximum atomic E-state index is 11.7. The molecule has 0 saturated carbocycles. The monoisotopic (exact) mass is 349 g/mol. The molecule has 0 saturated heterocycles. The van der Waals surface area contributed by atoms with Crippen LogP contribution >= 0.6 is 15.9 Å². The van der Waals surface area contributed by atoms with Crippen molar-refractivity contribution < 1.29 is 14.6 Å². The van der Waals surface area contributed by atoms with E-state index in [0.29, 0.717) is 21.3 Å². The molecule has 2 N–H and O–H groups in total. The molecule has 21 heavy (non-hydrogen) atoms. The number of carbonyl (C=O) groups excluding carboxylic acids is 1. The number of pyridine rings is 1. The summed E-state index contributed by atoms with van der Waals surface area (Å²) >= 11 is 3.21. The van der Waals surface area contributed by atoms with Gasteiger partial charge in [-0.2, -0.15) is 5.10 Å². The first-order valence-corrected chi connectivity index (χ1v) is 6.71. The van der Waals surface area contributed by atoms with Crippen molar-refractivity contribution in [3.63, 3.8) is 0 Å². The molecular formula is C14H12BrN3O3.